The Kier molecular flexibility index (Phi) is 6.55. The second-order valence-corrected chi connectivity index (χ2v) is 8.44. The van der Waals surface area contributed by atoms with Crippen LogP contribution >= 0.6 is 0 Å². The van der Waals surface area contributed by atoms with Gasteiger partial charge in [0, 0.05) is 5.39 Å². The van der Waals surface area contributed by atoms with Gasteiger partial charge < -0.3 is 28.6 Å². The van der Waals surface area contributed by atoms with Crippen molar-refractivity contribution in [2.45, 2.75) is 6.04 Å². The predicted octanol–water partition coefficient (Wildman–Crippen LogP) is 5.11. The van der Waals surface area contributed by atoms with Crippen LogP contribution < -0.4 is 14.2 Å². The first-order valence-electron chi connectivity index (χ1n) is 11.7. The Morgan fingerprint density at radius 2 is 1.65 bits per heavy atom. The number of amides is 1. The van der Waals surface area contributed by atoms with Crippen LogP contribution in [0.15, 0.2) is 94.6 Å². The van der Waals surface area contributed by atoms with E-state index in [0.717, 1.165) is 5.39 Å². The van der Waals surface area contributed by atoms with Crippen molar-refractivity contribution >= 4 is 22.7 Å². The number of fused-ring (bicyclic) bond motifs is 1. The summed E-state index contributed by atoms with van der Waals surface area (Å²) in [5.74, 6) is 0.0621. The Labute approximate surface area is 213 Å². The molecule has 37 heavy (non-hydrogen) atoms. The molecular weight excluding hydrogens is 474 g/mol. The summed E-state index contributed by atoms with van der Waals surface area (Å²) >= 11 is 0. The molecule has 0 fully saturated rings. The number of para-hydroxylation sites is 1. The summed E-state index contributed by atoms with van der Waals surface area (Å²) in [7, 11) is 3.12. The molecule has 188 valence electrons. The standard InChI is InChI=1S/C29H25NO7/c1-34-20-10-12-21(13-11-20)36-15-14-30-26(19-7-5-8-22(16-19)35-2)25(28(32)29(30)33)27(31)24-17-18-6-3-4-9-23(18)37-24/h3-13,16-17,26,32H,14-15H2,1-2H3. The third kappa shape index (κ3) is 4.61. The minimum Gasteiger partial charge on any atom is -0.503 e. The van der Waals surface area contributed by atoms with Crippen molar-refractivity contribution in [3.05, 3.63) is 102 Å². The first-order chi connectivity index (χ1) is 18.0. The molecule has 1 atom stereocenters. The fourth-order valence-corrected chi connectivity index (χ4v) is 4.43. The molecule has 0 spiro atoms. The first kappa shape index (κ1) is 24.0. The fraction of sp³-hybridized carbons (Fsp3) is 0.172. The molecule has 0 bridgehead atoms. The number of hydrogen-bond donors (Lipinski definition) is 1. The molecule has 4 aromatic rings. The maximum atomic E-state index is 13.6. The molecule has 3 aromatic carbocycles. The zero-order valence-corrected chi connectivity index (χ0v) is 20.3. The minimum atomic E-state index is -0.859. The molecule has 1 aliphatic rings. The number of carbonyl (C=O) groups is 2. The van der Waals surface area contributed by atoms with E-state index in [-0.39, 0.29) is 24.5 Å². The molecule has 1 aromatic heterocycles. The van der Waals surface area contributed by atoms with Crippen LogP contribution in [0.5, 0.6) is 17.2 Å². The van der Waals surface area contributed by atoms with E-state index in [4.69, 9.17) is 18.6 Å². The van der Waals surface area contributed by atoms with Crippen LogP contribution in [0.4, 0.5) is 0 Å². The van der Waals surface area contributed by atoms with E-state index in [1.807, 2.05) is 12.1 Å². The zero-order chi connectivity index (χ0) is 25.9. The van der Waals surface area contributed by atoms with Gasteiger partial charge in [-0.1, -0.05) is 30.3 Å². The molecule has 0 saturated heterocycles. The normalized spacial score (nSPS) is 15.4. The van der Waals surface area contributed by atoms with Crippen molar-refractivity contribution in [2.24, 2.45) is 0 Å². The van der Waals surface area contributed by atoms with Crippen molar-refractivity contribution in [3.8, 4) is 17.2 Å². The van der Waals surface area contributed by atoms with Crippen LogP contribution in [0.25, 0.3) is 11.0 Å². The Bertz CT molecular complexity index is 1450. The van der Waals surface area contributed by atoms with E-state index in [1.165, 1.54) is 12.0 Å². The van der Waals surface area contributed by atoms with Gasteiger partial charge in [-0.2, -0.15) is 0 Å². The average molecular weight is 500 g/mol. The van der Waals surface area contributed by atoms with Gasteiger partial charge in [-0.25, -0.2) is 0 Å². The van der Waals surface area contributed by atoms with Gasteiger partial charge in [0.15, 0.2) is 11.5 Å². The third-order valence-electron chi connectivity index (χ3n) is 6.27. The molecule has 8 nitrogen and oxygen atoms in total. The van der Waals surface area contributed by atoms with E-state index >= 15 is 0 Å². The summed E-state index contributed by atoms with van der Waals surface area (Å²) in [6.07, 6.45) is 0. The lowest BCUT2D eigenvalue weighted by atomic mass is 9.95. The molecular formula is C29H25NO7. The van der Waals surface area contributed by atoms with E-state index < -0.39 is 23.5 Å². The van der Waals surface area contributed by atoms with Gasteiger partial charge in [-0.3, -0.25) is 9.59 Å². The number of rotatable bonds is 9. The fourth-order valence-electron chi connectivity index (χ4n) is 4.43. The third-order valence-corrected chi connectivity index (χ3v) is 6.27. The second-order valence-electron chi connectivity index (χ2n) is 8.44. The molecule has 1 amide bonds. The number of methoxy groups -OCH3 is 2. The highest BCUT2D eigenvalue weighted by Gasteiger charge is 2.44. The highest BCUT2D eigenvalue weighted by atomic mass is 16.5. The summed E-state index contributed by atoms with van der Waals surface area (Å²) < 4.78 is 22.1. The Hall–Kier alpha value is -4.72. The SMILES string of the molecule is COc1ccc(OCCN2C(=O)C(O)=C(C(=O)c3cc4ccccc4o3)C2c2cccc(OC)c2)cc1. The van der Waals surface area contributed by atoms with Crippen LogP contribution in [-0.4, -0.2) is 49.1 Å². The molecule has 0 radical (unpaired) electrons. The largest absolute Gasteiger partial charge is 0.503 e. The maximum Gasteiger partial charge on any atom is 0.290 e. The number of carbonyl (C=O) groups excluding carboxylic acids is 2. The lowest BCUT2D eigenvalue weighted by Gasteiger charge is -2.27. The second kappa shape index (κ2) is 10.1. The monoisotopic (exact) mass is 499 g/mol. The van der Waals surface area contributed by atoms with E-state index in [1.54, 1.807) is 73.8 Å². The number of benzene rings is 3. The Balaban J connectivity index is 1.46. The molecule has 8 heteroatoms. The lowest BCUT2D eigenvalue weighted by Crippen LogP contribution is -2.34. The van der Waals surface area contributed by atoms with Gasteiger partial charge in [0.25, 0.3) is 5.91 Å². The summed E-state index contributed by atoms with van der Waals surface area (Å²) in [5.41, 5.74) is 1.10. The van der Waals surface area contributed by atoms with Crippen molar-refractivity contribution in [3.63, 3.8) is 0 Å². The minimum absolute atomic E-state index is 0.0415. The lowest BCUT2D eigenvalue weighted by molar-refractivity contribution is -0.129. The maximum absolute atomic E-state index is 13.6. The number of hydrogen-bond acceptors (Lipinski definition) is 7. The van der Waals surface area contributed by atoms with Crippen molar-refractivity contribution in [1.82, 2.24) is 4.90 Å². The highest BCUT2D eigenvalue weighted by Crippen LogP contribution is 2.40. The van der Waals surface area contributed by atoms with Crippen LogP contribution in [0.1, 0.15) is 22.2 Å². The zero-order valence-electron chi connectivity index (χ0n) is 20.3. The topological polar surface area (TPSA) is 98.4 Å². The summed E-state index contributed by atoms with van der Waals surface area (Å²) in [6, 6.07) is 22.1. The van der Waals surface area contributed by atoms with Gasteiger partial charge in [0.05, 0.1) is 32.4 Å². The van der Waals surface area contributed by atoms with Crippen molar-refractivity contribution < 1.29 is 33.3 Å². The number of aliphatic hydroxyl groups is 1. The van der Waals surface area contributed by atoms with Gasteiger partial charge in [-0.15, -0.1) is 0 Å². The predicted molar refractivity (Wildman–Crippen MR) is 136 cm³/mol. The number of Topliss-reactive ketones (excluding diaryl/α,β-unsaturated/α-hetero) is 1. The molecule has 1 aliphatic heterocycles. The molecule has 5 rings (SSSR count). The van der Waals surface area contributed by atoms with Crippen LogP contribution in [0, 0.1) is 0 Å². The number of nitrogens with zero attached hydrogens (tertiary/aromatic N) is 1. The summed E-state index contributed by atoms with van der Waals surface area (Å²) in [6.45, 7) is 0.256. The van der Waals surface area contributed by atoms with E-state index in [9.17, 15) is 14.7 Å². The van der Waals surface area contributed by atoms with Crippen molar-refractivity contribution in [1.29, 1.82) is 0 Å². The molecule has 0 aliphatic carbocycles. The first-order valence-corrected chi connectivity index (χ1v) is 11.7. The number of aliphatic hydroxyl groups excluding tert-OH is 1. The van der Waals surface area contributed by atoms with Crippen LogP contribution in [-0.2, 0) is 4.79 Å². The molecule has 0 saturated carbocycles. The van der Waals surface area contributed by atoms with Gasteiger partial charge >= 0.3 is 0 Å². The van der Waals surface area contributed by atoms with Gasteiger partial charge in [0.1, 0.15) is 29.4 Å². The van der Waals surface area contributed by atoms with Gasteiger partial charge in [-0.05, 0) is 54.1 Å². The van der Waals surface area contributed by atoms with E-state index in [2.05, 4.69) is 0 Å². The number of ketones is 1. The van der Waals surface area contributed by atoms with Gasteiger partial charge in [0.2, 0.25) is 5.78 Å². The quantitative estimate of drug-likeness (QED) is 0.320. The molecule has 2 heterocycles. The average Bonchev–Trinajstić information content (AvgIpc) is 3.48. The van der Waals surface area contributed by atoms with E-state index in [0.29, 0.717) is 28.4 Å². The summed E-state index contributed by atoms with van der Waals surface area (Å²) in [5, 5.41) is 11.7. The summed E-state index contributed by atoms with van der Waals surface area (Å²) in [4.78, 5) is 28.3. The molecule has 1 unspecified atom stereocenters. The Morgan fingerprint density at radius 1 is 0.919 bits per heavy atom. The van der Waals surface area contributed by atoms with Crippen LogP contribution in [0.2, 0.25) is 0 Å². The number of ether oxygens (including phenoxy) is 3. The molecule has 1 N–H and O–H groups in total. The Morgan fingerprint density at radius 3 is 2.38 bits per heavy atom. The van der Waals surface area contributed by atoms with Crippen molar-refractivity contribution in [2.75, 3.05) is 27.4 Å². The smallest absolute Gasteiger partial charge is 0.290 e. The van der Waals surface area contributed by atoms with Crippen LogP contribution in [0.3, 0.4) is 0 Å². The highest BCUT2D eigenvalue weighted by molar-refractivity contribution is 6.16. The number of furan rings is 1.